The van der Waals surface area contributed by atoms with E-state index in [0.29, 0.717) is 41.9 Å². The minimum absolute atomic E-state index is 0.164. The number of piperidine rings is 1. The topological polar surface area (TPSA) is 133 Å². The van der Waals surface area contributed by atoms with Crippen LogP contribution in [0.4, 0.5) is 10.6 Å². The smallest absolute Gasteiger partial charge is 0.410 e. The number of hydrogen-bond acceptors (Lipinski definition) is 8. The number of imidazole rings is 1. The number of aromatic nitrogens is 5. The average molecular weight is 560 g/mol. The van der Waals surface area contributed by atoms with Gasteiger partial charge in [0.15, 0.2) is 0 Å². The first-order chi connectivity index (χ1) is 19.6. The molecule has 0 radical (unpaired) electrons. The number of phenolic OH excluding ortho intramolecular Hbond substituents is 1. The van der Waals surface area contributed by atoms with E-state index >= 15 is 0 Å². The van der Waals surface area contributed by atoms with Crippen LogP contribution in [0.3, 0.4) is 0 Å². The Morgan fingerprint density at radius 2 is 1.80 bits per heavy atom. The first-order valence-corrected chi connectivity index (χ1v) is 14.2. The van der Waals surface area contributed by atoms with Crippen LogP contribution in [0.5, 0.6) is 5.75 Å². The van der Waals surface area contributed by atoms with E-state index in [4.69, 9.17) is 15.2 Å². The van der Waals surface area contributed by atoms with Crippen LogP contribution in [0, 0.1) is 5.92 Å². The average Bonchev–Trinajstić information content (AvgIpc) is 3.53. The fraction of sp³-hybridized carbons (Fsp3) is 0.467. The zero-order valence-corrected chi connectivity index (χ0v) is 23.7. The van der Waals surface area contributed by atoms with E-state index in [1.165, 1.54) is 0 Å². The van der Waals surface area contributed by atoms with Gasteiger partial charge in [-0.3, -0.25) is 9.08 Å². The molecule has 2 aliphatic rings. The standard InChI is InChI=1S/C30H37N7O4/c1-30(2,3)41-29(39)35-10-8-21(9-11-35)40-22-12-19(13-22)15-37-16-20(14-32-37)24-17-36-18-25(33-28(36)34-27(24)31)23-6-4-5-7-26(23)38/h4-7,14,16-19,21-22,38H,8-13,15H2,1-3H3,(H2,31,33,34)/t19-,22-. The highest BCUT2D eigenvalue weighted by Crippen LogP contribution is 2.35. The second-order valence-electron chi connectivity index (χ2n) is 12.1. The third-order valence-electron chi connectivity index (χ3n) is 7.72. The molecule has 6 rings (SSSR count). The summed E-state index contributed by atoms with van der Waals surface area (Å²) < 4.78 is 15.6. The highest BCUT2D eigenvalue weighted by atomic mass is 16.6. The van der Waals surface area contributed by atoms with Crippen LogP contribution in [-0.2, 0) is 16.0 Å². The van der Waals surface area contributed by atoms with E-state index < -0.39 is 5.60 Å². The highest BCUT2D eigenvalue weighted by Gasteiger charge is 2.34. The zero-order valence-electron chi connectivity index (χ0n) is 23.7. The van der Waals surface area contributed by atoms with Crippen molar-refractivity contribution in [3.05, 3.63) is 49.1 Å². The van der Waals surface area contributed by atoms with Gasteiger partial charge < -0.3 is 25.2 Å². The molecular formula is C30H37N7O4. The summed E-state index contributed by atoms with van der Waals surface area (Å²) in [4.78, 5) is 23.1. The van der Waals surface area contributed by atoms with Crippen LogP contribution in [0.2, 0.25) is 0 Å². The third kappa shape index (κ3) is 6.00. The Bertz CT molecular complexity index is 1540. The van der Waals surface area contributed by atoms with Crippen LogP contribution in [-0.4, -0.2) is 71.1 Å². The van der Waals surface area contributed by atoms with E-state index in [-0.39, 0.29) is 24.1 Å². The summed E-state index contributed by atoms with van der Waals surface area (Å²) in [6.45, 7) is 7.82. The van der Waals surface area contributed by atoms with Gasteiger partial charge in [0.1, 0.15) is 17.2 Å². The number of aromatic hydroxyl groups is 1. The van der Waals surface area contributed by atoms with E-state index in [1.54, 1.807) is 17.0 Å². The first kappa shape index (κ1) is 27.1. The molecule has 0 spiro atoms. The molecule has 0 bridgehead atoms. The molecule has 1 saturated heterocycles. The van der Waals surface area contributed by atoms with Crippen molar-refractivity contribution in [3.8, 4) is 28.1 Å². The number of benzene rings is 1. The van der Waals surface area contributed by atoms with Gasteiger partial charge in [0, 0.05) is 54.9 Å². The predicted molar refractivity (Wildman–Crippen MR) is 154 cm³/mol. The van der Waals surface area contributed by atoms with E-state index in [1.807, 2.05) is 66.8 Å². The molecular weight excluding hydrogens is 522 g/mol. The van der Waals surface area contributed by atoms with Crippen molar-refractivity contribution in [1.82, 2.24) is 29.0 Å². The molecule has 1 aromatic carbocycles. The number of amides is 1. The van der Waals surface area contributed by atoms with Crippen molar-refractivity contribution < 1.29 is 19.4 Å². The number of fused-ring (bicyclic) bond motifs is 1. The number of nitrogen functional groups attached to an aromatic ring is 1. The Morgan fingerprint density at radius 1 is 1.05 bits per heavy atom. The molecule has 0 atom stereocenters. The van der Waals surface area contributed by atoms with Gasteiger partial charge in [-0.1, -0.05) is 12.1 Å². The minimum Gasteiger partial charge on any atom is -0.507 e. The molecule has 1 aliphatic carbocycles. The van der Waals surface area contributed by atoms with Gasteiger partial charge in [-0.2, -0.15) is 10.1 Å². The maximum absolute atomic E-state index is 12.3. The van der Waals surface area contributed by atoms with E-state index in [0.717, 1.165) is 43.4 Å². The molecule has 1 amide bonds. The normalized spacial score (nSPS) is 19.8. The van der Waals surface area contributed by atoms with Crippen molar-refractivity contribution in [3.63, 3.8) is 0 Å². The van der Waals surface area contributed by atoms with Crippen molar-refractivity contribution in [2.45, 2.75) is 70.8 Å². The summed E-state index contributed by atoms with van der Waals surface area (Å²) in [7, 11) is 0. The molecule has 1 saturated carbocycles. The Balaban J connectivity index is 1.01. The summed E-state index contributed by atoms with van der Waals surface area (Å²) in [5, 5.41) is 14.8. The van der Waals surface area contributed by atoms with Gasteiger partial charge in [0.25, 0.3) is 0 Å². The largest absolute Gasteiger partial charge is 0.507 e. The van der Waals surface area contributed by atoms with Gasteiger partial charge in [-0.15, -0.1) is 0 Å². The fourth-order valence-corrected chi connectivity index (χ4v) is 5.55. The molecule has 11 nitrogen and oxygen atoms in total. The number of anilines is 1. The number of hydrogen-bond donors (Lipinski definition) is 2. The number of nitrogens with two attached hydrogens (primary N) is 1. The van der Waals surface area contributed by atoms with Crippen molar-refractivity contribution >= 4 is 17.7 Å². The Labute approximate surface area is 238 Å². The van der Waals surface area contributed by atoms with Crippen molar-refractivity contribution in [2.24, 2.45) is 5.92 Å². The Hall–Kier alpha value is -4.12. The quantitative estimate of drug-likeness (QED) is 0.346. The van der Waals surface area contributed by atoms with Gasteiger partial charge in [-0.25, -0.2) is 9.78 Å². The molecule has 3 aromatic heterocycles. The summed E-state index contributed by atoms with van der Waals surface area (Å²) in [5.74, 6) is 1.51. The molecule has 4 aromatic rings. The lowest BCUT2D eigenvalue weighted by Gasteiger charge is -2.40. The molecule has 41 heavy (non-hydrogen) atoms. The van der Waals surface area contributed by atoms with Crippen LogP contribution >= 0.6 is 0 Å². The second kappa shape index (κ2) is 10.7. The fourth-order valence-electron chi connectivity index (χ4n) is 5.55. The summed E-state index contributed by atoms with van der Waals surface area (Å²) in [6, 6.07) is 7.08. The lowest BCUT2D eigenvalue weighted by atomic mass is 9.82. The molecule has 216 valence electrons. The molecule has 0 unspecified atom stereocenters. The maximum atomic E-state index is 12.3. The molecule has 3 N–H and O–H groups in total. The number of likely N-dealkylation sites (tertiary alicyclic amines) is 1. The second-order valence-corrected chi connectivity index (χ2v) is 12.1. The Morgan fingerprint density at radius 3 is 2.54 bits per heavy atom. The summed E-state index contributed by atoms with van der Waals surface area (Å²) in [5.41, 5.74) is 8.76. The van der Waals surface area contributed by atoms with Gasteiger partial charge in [-0.05, 0) is 64.5 Å². The summed E-state index contributed by atoms with van der Waals surface area (Å²) in [6.07, 6.45) is 11.4. The monoisotopic (exact) mass is 559 g/mol. The van der Waals surface area contributed by atoms with Crippen molar-refractivity contribution in [2.75, 3.05) is 18.8 Å². The van der Waals surface area contributed by atoms with E-state index in [9.17, 15) is 9.90 Å². The predicted octanol–water partition coefficient (Wildman–Crippen LogP) is 4.74. The Kier molecular flexibility index (Phi) is 7.06. The lowest BCUT2D eigenvalue weighted by Crippen LogP contribution is -2.45. The minimum atomic E-state index is -0.476. The molecule has 2 fully saturated rings. The number of carbonyl (C=O) groups excluding carboxylic acids is 1. The number of rotatable bonds is 6. The SMILES string of the molecule is CC(C)(C)OC(=O)N1CCC(O[C@H]2C[C@H](Cn3cc(-c4cn5cc(-c6ccccc6O)nc5nc4N)cn3)C2)CC1. The zero-order chi connectivity index (χ0) is 28.7. The van der Waals surface area contributed by atoms with Crippen LogP contribution in [0.25, 0.3) is 28.2 Å². The van der Waals surface area contributed by atoms with Crippen LogP contribution < -0.4 is 5.73 Å². The van der Waals surface area contributed by atoms with Gasteiger partial charge in [0.2, 0.25) is 5.78 Å². The van der Waals surface area contributed by atoms with Crippen molar-refractivity contribution in [1.29, 1.82) is 0 Å². The number of carbonyl (C=O) groups is 1. The van der Waals surface area contributed by atoms with Crippen LogP contribution in [0.1, 0.15) is 46.5 Å². The molecule has 4 heterocycles. The van der Waals surface area contributed by atoms with Gasteiger partial charge >= 0.3 is 6.09 Å². The molecule has 11 heteroatoms. The number of para-hydroxylation sites is 1. The number of ether oxygens (including phenoxy) is 2. The van der Waals surface area contributed by atoms with E-state index in [2.05, 4.69) is 15.1 Å². The highest BCUT2D eigenvalue weighted by molar-refractivity contribution is 5.75. The first-order valence-electron chi connectivity index (χ1n) is 14.2. The number of nitrogens with zero attached hydrogens (tertiary/aromatic N) is 6. The molecule has 1 aliphatic heterocycles. The number of phenols is 1. The maximum Gasteiger partial charge on any atom is 0.410 e. The lowest BCUT2D eigenvalue weighted by molar-refractivity contribution is -0.0962. The van der Waals surface area contributed by atoms with Crippen LogP contribution in [0.15, 0.2) is 49.1 Å². The van der Waals surface area contributed by atoms with Gasteiger partial charge in [0.05, 0.1) is 24.1 Å². The summed E-state index contributed by atoms with van der Waals surface area (Å²) >= 11 is 0. The third-order valence-corrected chi connectivity index (χ3v) is 7.72.